The standard InChI is InChI=1S/C15H19NO3S/c1-3-11-9-12(15(18)19-4-2)14(20-11)16-13(17)10-7-5-6-8-10/h5-6,9-10H,3-4,7-8H2,1-2H3,(H,16,17). The van der Waals surface area contributed by atoms with E-state index in [1.807, 2.05) is 25.1 Å². The third-order valence-electron chi connectivity index (χ3n) is 3.24. The summed E-state index contributed by atoms with van der Waals surface area (Å²) in [5, 5.41) is 3.49. The number of carbonyl (C=O) groups excluding carboxylic acids is 2. The van der Waals surface area contributed by atoms with Gasteiger partial charge in [0.1, 0.15) is 5.00 Å². The van der Waals surface area contributed by atoms with Crippen LogP contribution in [0.25, 0.3) is 0 Å². The largest absolute Gasteiger partial charge is 0.462 e. The Morgan fingerprint density at radius 3 is 2.65 bits per heavy atom. The number of carbonyl (C=O) groups is 2. The molecule has 0 unspecified atom stereocenters. The van der Waals surface area contributed by atoms with Crippen molar-refractivity contribution in [1.82, 2.24) is 0 Å². The van der Waals surface area contributed by atoms with Crippen LogP contribution in [0.2, 0.25) is 0 Å². The van der Waals surface area contributed by atoms with Crippen molar-refractivity contribution in [3.63, 3.8) is 0 Å². The van der Waals surface area contributed by atoms with Crippen molar-refractivity contribution in [2.45, 2.75) is 33.1 Å². The second-order valence-electron chi connectivity index (χ2n) is 4.66. The molecule has 5 heteroatoms. The van der Waals surface area contributed by atoms with Crippen molar-refractivity contribution >= 4 is 28.2 Å². The van der Waals surface area contributed by atoms with Crippen molar-refractivity contribution in [3.8, 4) is 0 Å². The fourth-order valence-corrected chi connectivity index (χ4v) is 3.10. The van der Waals surface area contributed by atoms with E-state index in [0.717, 1.165) is 24.1 Å². The Balaban J connectivity index is 2.14. The summed E-state index contributed by atoms with van der Waals surface area (Å²) >= 11 is 1.45. The topological polar surface area (TPSA) is 55.4 Å². The molecule has 20 heavy (non-hydrogen) atoms. The molecule has 0 aromatic carbocycles. The Bertz CT molecular complexity index is 525. The second kappa shape index (κ2) is 6.70. The lowest BCUT2D eigenvalue weighted by Crippen LogP contribution is -2.21. The highest BCUT2D eigenvalue weighted by Gasteiger charge is 2.23. The molecule has 0 spiro atoms. The minimum absolute atomic E-state index is 0.0165. The first kappa shape index (κ1) is 14.8. The summed E-state index contributed by atoms with van der Waals surface area (Å²) in [7, 11) is 0. The lowest BCUT2D eigenvalue weighted by atomic mass is 10.1. The van der Waals surface area contributed by atoms with Gasteiger partial charge in [0.05, 0.1) is 12.2 Å². The Labute approximate surface area is 122 Å². The molecule has 0 aliphatic heterocycles. The van der Waals surface area contributed by atoms with E-state index < -0.39 is 0 Å². The summed E-state index contributed by atoms with van der Waals surface area (Å²) < 4.78 is 5.04. The predicted molar refractivity (Wildman–Crippen MR) is 80.1 cm³/mol. The first-order valence-corrected chi connectivity index (χ1v) is 7.73. The highest BCUT2D eigenvalue weighted by atomic mass is 32.1. The van der Waals surface area contributed by atoms with Crippen LogP contribution in [0.15, 0.2) is 18.2 Å². The number of esters is 1. The van der Waals surface area contributed by atoms with Gasteiger partial charge in [-0.15, -0.1) is 11.3 Å². The Hall–Kier alpha value is -1.62. The maximum absolute atomic E-state index is 12.1. The zero-order valence-corrected chi connectivity index (χ0v) is 12.6. The zero-order valence-electron chi connectivity index (χ0n) is 11.8. The second-order valence-corrected chi connectivity index (χ2v) is 5.80. The lowest BCUT2D eigenvalue weighted by molar-refractivity contribution is -0.119. The summed E-state index contributed by atoms with van der Waals surface area (Å²) in [5.41, 5.74) is 0.466. The van der Waals surface area contributed by atoms with Gasteiger partial charge in [-0.3, -0.25) is 4.79 Å². The van der Waals surface area contributed by atoms with E-state index in [4.69, 9.17) is 4.74 Å². The Morgan fingerprint density at radius 1 is 1.35 bits per heavy atom. The van der Waals surface area contributed by atoms with Crippen molar-refractivity contribution in [2.75, 3.05) is 11.9 Å². The number of thiophene rings is 1. The zero-order chi connectivity index (χ0) is 14.5. The fourth-order valence-electron chi connectivity index (χ4n) is 2.11. The number of aryl methyl sites for hydroxylation is 1. The summed E-state index contributed by atoms with van der Waals surface area (Å²) in [6, 6.07) is 1.81. The van der Waals surface area contributed by atoms with E-state index in [1.54, 1.807) is 6.92 Å². The molecular weight excluding hydrogens is 274 g/mol. The van der Waals surface area contributed by atoms with Crippen LogP contribution < -0.4 is 5.32 Å². The number of rotatable bonds is 5. The number of hydrogen-bond acceptors (Lipinski definition) is 4. The summed E-state index contributed by atoms with van der Waals surface area (Å²) in [6.45, 7) is 4.12. The van der Waals surface area contributed by atoms with E-state index in [0.29, 0.717) is 17.2 Å². The minimum atomic E-state index is -0.372. The number of hydrogen-bond donors (Lipinski definition) is 1. The van der Waals surface area contributed by atoms with Crippen molar-refractivity contribution in [2.24, 2.45) is 5.92 Å². The number of anilines is 1. The summed E-state index contributed by atoms with van der Waals surface area (Å²) in [5.74, 6) is -0.412. The van der Waals surface area contributed by atoms with Crippen LogP contribution in [0.4, 0.5) is 5.00 Å². The van der Waals surface area contributed by atoms with Crippen molar-refractivity contribution < 1.29 is 14.3 Å². The average molecular weight is 293 g/mol. The van der Waals surface area contributed by atoms with Gasteiger partial charge in [-0.05, 0) is 32.3 Å². The van der Waals surface area contributed by atoms with E-state index >= 15 is 0 Å². The van der Waals surface area contributed by atoms with Crippen LogP contribution >= 0.6 is 11.3 Å². The molecule has 1 aromatic rings. The molecule has 1 amide bonds. The fraction of sp³-hybridized carbons (Fsp3) is 0.467. The van der Waals surface area contributed by atoms with Crippen LogP contribution in [-0.4, -0.2) is 18.5 Å². The van der Waals surface area contributed by atoms with Gasteiger partial charge in [0, 0.05) is 10.8 Å². The minimum Gasteiger partial charge on any atom is -0.462 e. The molecule has 0 atom stereocenters. The first-order valence-electron chi connectivity index (χ1n) is 6.91. The molecule has 0 saturated carbocycles. The number of ether oxygens (including phenoxy) is 1. The Kier molecular flexibility index (Phi) is 4.95. The number of allylic oxidation sites excluding steroid dienone is 2. The van der Waals surface area contributed by atoms with E-state index in [1.165, 1.54) is 11.3 Å². The van der Waals surface area contributed by atoms with Crippen molar-refractivity contribution in [1.29, 1.82) is 0 Å². The van der Waals surface area contributed by atoms with Gasteiger partial charge in [-0.1, -0.05) is 19.1 Å². The molecule has 4 nitrogen and oxygen atoms in total. The van der Waals surface area contributed by atoms with Gasteiger partial charge in [0.15, 0.2) is 0 Å². The molecule has 0 bridgehead atoms. The van der Waals surface area contributed by atoms with E-state index in [2.05, 4.69) is 5.32 Å². The molecule has 0 radical (unpaired) electrons. The van der Waals surface area contributed by atoms with Crippen molar-refractivity contribution in [3.05, 3.63) is 28.7 Å². The van der Waals surface area contributed by atoms with Gasteiger partial charge < -0.3 is 10.1 Å². The smallest absolute Gasteiger partial charge is 0.341 e. The van der Waals surface area contributed by atoms with Gasteiger partial charge >= 0.3 is 5.97 Å². The van der Waals surface area contributed by atoms with Crippen LogP contribution in [0, 0.1) is 5.92 Å². The SMILES string of the molecule is CCOC(=O)c1cc(CC)sc1NC(=O)C1CC=CC1. The van der Waals surface area contributed by atoms with Gasteiger partial charge in [0.25, 0.3) is 0 Å². The molecule has 1 aliphatic carbocycles. The monoisotopic (exact) mass is 293 g/mol. The molecule has 0 saturated heterocycles. The molecule has 1 heterocycles. The summed E-state index contributed by atoms with van der Waals surface area (Å²) in [6.07, 6.45) is 6.40. The van der Waals surface area contributed by atoms with E-state index in [-0.39, 0.29) is 17.8 Å². The van der Waals surface area contributed by atoms with E-state index in [9.17, 15) is 9.59 Å². The maximum Gasteiger partial charge on any atom is 0.341 e. The number of nitrogens with one attached hydrogen (secondary N) is 1. The molecule has 108 valence electrons. The summed E-state index contributed by atoms with van der Waals surface area (Å²) in [4.78, 5) is 25.1. The third kappa shape index (κ3) is 3.28. The molecule has 1 aliphatic rings. The molecule has 0 fully saturated rings. The average Bonchev–Trinajstić information content (AvgIpc) is 3.08. The van der Waals surface area contributed by atoms with Gasteiger partial charge in [-0.25, -0.2) is 4.79 Å². The van der Waals surface area contributed by atoms with Gasteiger partial charge in [-0.2, -0.15) is 0 Å². The highest BCUT2D eigenvalue weighted by Crippen LogP contribution is 2.30. The maximum atomic E-state index is 12.1. The van der Waals surface area contributed by atoms with Gasteiger partial charge in [0.2, 0.25) is 5.91 Å². The van der Waals surface area contributed by atoms with Crippen LogP contribution in [-0.2, 0) is 16.0 Å². The normalized spacial score (nSPS) is 14.5. The first-order chi connectivity index (χ1) is 9.65. The van der Waals surface area contributed by atoms with Crippen LogP contribution in [0.3, 0.4) is 0 Å². The Morgan fingerprint density at radius 2 is 2.05 bits per heavy atom. The highest BCUT2D eigenvalue weighted by molar-refractivity contribution is 7.16. The quantitative estimate of drug-likeness (QED) is 0.668. The van der Waals surface area contributed by atoms with Crippen LogP contribution in [0.5, 0.6) is 0 Å². The molecule has 2 rings (SSSR count). The molecular formula is C15H19NO3S. The van der Waals surface area contributed by atoms with Crippen LogP contribution in [0.1, 0.15) is 41.9 Å². The molecule has 1 aromatic heterocycles. The number of amides is 1. The molecule has 1 N–H and O–H groups in total. The predicted octanol–water partition coefficient (Wildman–Crippen LogP) is 3.39. The third-order valence-corrected chi connectivity index (χ3v) is 4.44. The lowest BCUT2D eigenvalue weighted by Gasteiger charge is -2.10.